The summed E-state index contributed by atoms with van der Waals surface area (Å²) in [5.74, 6) is 2.96. The van der Waals surface area contributed by atoms with Crippen molar-refractivity contribution in [1.82, 2.24) is 9.88 Å². The van der Waals surface area contributed by atoms with E-state index >= 15 is 0 Å². The van der Waals surface area contributed by atoms with Crippen LogP contribution in [0.5, 0.6) is 0 Å². The highest BCUT2D eigenvalue weighted by atomic mass is 35.5. The van der Waals surface area contributed by atoms with Crippen LogP contribution in [0.1, 0.15) is 18.7 Å². The number of rotatable bonds is 3. The molecule has 2 fully saturated rings. The van der Waals surface area contributed by atoms with Crippen molar-refractivity contribution in [1.29, 1.82) is 0 Å². The van der Waals surface area contributed by atoms with Crippen molar-refractivity contribution in [2.24, 2.45) is 17.6 Å². The lowest BCUT2D eigenvalue weighted by atomic mass is 9.98. The van der Waals surface area contributed by atoms with E-state index in [4.69, 9.17) is 21.8 Å². The highest BCUT2D eigenvalue weighted by Gasteiger charge is 2.41. The minimum absolute atomic E-state index is 0. The van der Waals surface area contributed by atoms with Crippen molar-refractivity contribution in [3.05, 3.63) is 41.4 Å². The van der Waals surface area contributed by atoms with Crippen molar-refractivity contribution in [3.8, 4) is 11.3 Å². The lowest BCUT2D eigenvalue weighted by Gasteiger charge is -2.16. The number of hydrogen-bond donors (Lipinski definition) is 1. The van der Waals surface area contributed by atoms with Crippen LogP contribution in [0.3, 0.4) is 0 Å². The second kappa shape index (κ2) is 8.07. The van der Waals surface area contributed by atoms with Crippen LogP contribution >= 0.6 is 36.4 Å². The molecular formula is C17H22Cl3N3O. The van der Waals surface area contributed by atoms with Gasteiger partial charge in [0.25, 0.3) is 0 Å². The topological polar surface area (TPSA) is 55.3 Å². The fraction of sp³-hybridized carbons (Fsp3) is 0.471. The summed E-state index contributed by atoms with van der Waals surface area (Å²) in [6, 6.07) is 8.03. The Morgan fingerprint density at radius 3 is 2.83 bits per heavy atom. The third-order valence-corrected chi connectivity index (χ3v) is 5.24. The van der Waals surface area contributed by atoms with Gasteiger partial charge in [0.15, 0.2) is 5.76 Å². The second-order valence-corrected chi connectivity index (χ2v) is 6.92. The fourth-order valence-corrected chi connectivity index (χ4v) is 4.07. The van der Waals surface area contributed by atoms with E-state index in [0.717, 1.165) is 42.8 Å². The van der Waals surface area contributed by atoms with Crippen molar-refractivity contribution < 1.29 is 4.42 Å². The Morgan fingerprint density at radius 2 is 2.08 bits per heavy atom. The summed E-state index contributed by atoms with van der Waals surface area (Å²) >= 11 is 6.03. The van der Waals surface area contributed by atoms with Gasteiger partial charge in [0, 0.05) is 29.7 Å². The molecule has 1 aliphatic heterocycles. The average Bonchev–Trinajstić information content (AvgIpc) is 3.18. The molecule has 2 aromatic rings. The van der Waals surface area contributed by atoms with Gasteiger partial charge in [-0.1, -0.05) is 23.7 Å². The number of halogens is 3. The molecule has 24 heavy (non-hydrogen) atoms. The molecule has 2 aliphatic rings. The van der Waals surface area contributed by atoms with Crippen LogP contribution in [-0.2, 0) is 6.54 Å². The summed E-state index contributed by atoms with van der Waals surface area (Å²) in [4.78, 5) is 6.83. The van der Waals surface area contributed by atoms with Crippen LogP contribution in [0.25, 0.3) is 11.3 Å². The van der Waals surface area contributed by atoms with Gasteiger partial charge in [0.2, 0.25) is 5.89 Å². The third-order valence-electron chi connectivity index (χ3n) is 5.01. The maximum atomic E-state index is 6.19. The maximum Gasteiger partial charge on any atom is 0.209 e. The number of aromatic nitrogens is 1. The Hall–Kier alpha value is -0.780. The van der Waals surface area contributed by atoms with E-state index in [2.05, 4.69) is 9.88 Å². The van der Waals surface area contributed by atoms with Crippen LogP contribution in [0, 0.1) is 11.8 Å². The molecule has 132 valence electrons. The molecule has 2 N–H and O–H groups in total. The maximum absolute atomic E-state index is 6.19. The molecule has 1 saturated heterocycles. The van der Waals surface area contributed by atoms with E-state index in [1.165, 1.54) is 12.8 Å². The van der Waals surface area contributed by atoms with Crippen molar-refractivity contribution in [2.75, 3.05) is 13.1 Å². The van der Waals surface area contributed by atoms with Crippen molar-refractivity contribution in [3.63, 3.8) is 0 Å². The zero-order valence-corrected chi connectivity index (χ0v) is 15.6. The molecule has 4 nitrogen and oxygen atoms in total. The summed E-state index contributed by atoms with van der Waals surface area (Å²) in [6.45, 7) is 2.95. The predicted octanol–water partition coefficient (Wildman–Crippen LogP) is 4.01. The van der Waals surface area contributed by atoms with E-state index in [1.54, 1.807) is 6.20 Å². The van der Waals surface area contributed by atoms with E-state index in [0.29, 0.717) is 17.0 Å². The Morgan fingerprint density at radius 1 is 1.25 bits per heavy atom. The highest BCUT2D eigenvalue weighted by Crippen LogP contribution is 2.37. The van der Waals surface area contributed by atoms with E-state index < -0.39 is 0 Å². The lowest BCUT2D eigenvalue weighted by molar-refractivity contribution is 0.268. The molecule has 0 radical (unpaired) electrons. The van der Waals surface area contributed by atoms with Gasteiger partial charge >= 0.3 is 0 Å². The lowest BCUT2D eigenvalue weighted by Crippen LogP contribution is -2.30. The smallest absolute Gasteiger partial charge is 0.209 e. The van der Waals surface area contributed by atoms with Crippen molar-refractivity contribution >= 4 is 36.4 Å². The number of benzene rings is 1. The van der Waals surface area contributed by atoms with E-state index in [-0.39, 0.29) is 24.8 Å². The molecule has 2 heterocycles. The van der Waals surface area contributed by atoms with Crippen LogP contribution < -0.4 is 5.73 Å². The molecule has 0 amide bonds. The van der Waals surface area contributed by atoms with Gasteiger partial charge in [-0.3, -0.25) is 4.90 Å². The number of likely N-dealkylation sites (tertiary alicyclic amines) is 1. The Labute approximate surface area is 159 Å². The number of oxazole rings is 1. The molecule has 1 aliphatic carbocycles. The zero-order chi connectivity index (χ0) is 15.1. The summed E-state index contributed by atoms with van der Waals surface area (Å²) < 4.78 is 5.89. The average molecular weight is 391 g/mol. The molecule has 1 saturated carbocycles. The first-order chi connectivity index (χ1) is 10.7. The highest BCUT2D eigenvalue weighted by molar-refractivity contribution is 6.30. The molecule has 1 aromatic heterocycles. The largest absolute Gasteiger partial charge is 0.439 e. The van der Waals surface area contributed by atoms with Gasteiger partial charge in [-0.05, 0) is 36.8 Å². The zero-order valence-electron chi connectivity index (χ0n) is 13.2. The Bertz CT molecular complexity index is 679. The van der Waals surface area contributed by atoms with Crippen LogP contribution in [-0.4, -0.2) is 29.0 Å². The molecule has 0 bridgehead atoms. The second-order valence-electron chi connectivity index (χ2n) is 6.49. The van der Waals surface area contributed by atoms with Gasteiger partial charge in [-0.2, -0.15) is 0 Å². The quantitative estimate of drug-likeness (QED) is 0.860. The third kappa shape index (κ3) is 3.89. The molecule has 1 aromatic carbocycles. The van der Waals surface area contributed by atoms with Crippen molar-refractivity contribution in [2.45, 2.75) is 25.4 Å². The van der Waals surface area contributed by atoms with Crippen LogP contribution in [0.2, 0.25) is 5.02 Å². The monoisotopic (exact) mass is 389 g/mol. The molecule has 4 rings (SSSR count). The summed E-state index contributed by atoms with van der Waals surface area (Å²) in [5, 5.41) is 0.705. The van der Waals surface area contributed by atoms with E-state index in [1.807, 2.05) is 24.3 Å². The number of nitrogens with two attached hydrogens (primary N) is 1. The molecule has 7 heteroatoms. The minimum Gasteiger partial charge on any atom is -0.439 e. The molecule has 3 atom stereocenters. The van der Waals surface area contributed by atoms with Crippen LogP contribution in [0.4, 0.5) is 0 Å². The number of hydrogen-bond acceptors (Lipinski definition) is 4. The van der Waals surface area contributed by atoms with Gasteiger partial charge in [-0.15, -0.1) is 24.8 Å². The first-order valence-electron chi connectivity index (χ1n) is 7.87. The van der Waals surface area contributed by atoms with Gasteiger partial charge < -0.3 is 10.2 Å². The summed E-state index contributed by atoms with van der Waals surface area (Å²) in [6.07, 6.45) is 4.23. The Balaban J connectivity index is 0.00000104. The molecule has 3 unspecified atom stereocenters. The molecular weight excluding hydrogens is 369 g/mol. The van der Waals surface area contributed by atoms with Gasteiger partial charge in [0.05, 0.1) is 12.7 Å². The van der Waals surface area contributed by atoms with E-state index in [9.17, 15) is 0 Å². The fourth-order valence-electron chi connectivity index (χ4n) is 3.88. The molecule has 0 spiro atoms. The standard InChI is InChI=1S/C17H20ClN3O.2ClH/c18-13-3-1-2-11(6-13)16-7-20-17(22-16)10-21-8-12-4-5-15(19)14(12)9-21;;/h1-3,6-7,12,14-15H,4-5,8-10,19H2;2*1H. The van der Waals surface area contributed by atoms with Crippen LogP contribution in [0.15, 0.2) is 34.9 Å². The minimum atomic E-state index is 0. The van der Waals surface area contributed by atoms with Gasteiger partial charge in [0.1, 0.15) is 0 Å². The predicted molar refractivity (Wildman–Crippen MR) is 101 cm³/mol. The number of nitrogens with zero attached hydrogens (tertiary/aromatic N) is 2. The summed E-state index contributed by atoms with van der Waals surface area (Å²) in [5.41, 5.74) is 7.16. The number of fused-ring (bicyclic) bond motifs is 1. The van der Waals surface area contributed by atoms with Gasteiger partial charge in [-0.25, -0.2) is 4.98 Å². The normalized spacial score (nSPS) is 25.8. The summed E-state index contributed by atoms with van der Waals surface area (Å²) in [7, 11) is 0. The first kappa shape index (κ1) is 19.5. The Kier molecular flexibility index (Phi) is 6.57. The first-order valence-corrected chi connectivity index (χ1v) is 8.25. The SMILES string of the molecule is Cl.Cl.NC1CCC2CN(Cc3ncc(-c4cccc(Cl)c4)o3)CC12.